The van der Waals surface area contributed by atoms with Crippen LogP contribution in [0.2, 0.25) is 0 Å². The van der Waals surface area contributed by atoms with Gasteiger partial charge in [0.05, 0.1) is 6.04 Å². The van der Waals surface area contributed by atoms with E-state index in [1.165, 1.54) is 6.42 Å². The van der Waals surface area contributed by atoms with Gasteiger partial charge < -0.3 is 20.9 Å². The molecule has 1 aliphatic rings. The van der Waals surface area contributed by atoms with Gasteiger partial charge in [-0.25, -0.2) is 0 Å². The van der Waals surface area contributed by atoms with Gasteiger partial charge in [-0.3, -0.25) is 9.59 Å². The zero-order valence-corrected chi connectivity index (χ0v) is 15.7. The number of amides is 2. The average Bonchev–Trinajstić information content (AvgIpc) is 3.05. The number of likely N-dealkylation sites (tertiary alicyclic amines) is 1. The third-order valence-electron chi connectivity index (χ3n) is 4.80. The summed E-state index contributed by atoms with van der Waals surface area (Å²) < 4.78 is 0. The Balaban J connectivity index is 0.00000243. The Kier molecular flexibility index (Phi) is 7.48. The first-order valence-corrected chi connectivity index (χ1v) is 9.01. The zero-order chi connectivity index (χ0) is 17.6. The molecule has 0 saturated carbocycles. The Morgan fingerprint density at radius 1 is 1.19 bits per heavy atom. The van der Waals surface area contributed by atoms with Crippen molar-refractivity contribution in [3.05, 3.63) is 36.0 Å². The van der Waals surface area contributed by atoms with E-state index in [0.717, 1.165) is 42.4 Å². The number of aromatic nitrogens is 1. The highest BCUT2D eigenvalue weighted by Gasteiger charge is 2.18. The Bertz CT molecular complexity index is 740. The lowest BCUT2D eigenvalue weighted by Gasteiger charge is -2.26. The number of rotatable bonds is 6. The predicted octanol–water partition coefficient (Wildman–Crippen LogP) is 1.98. The van der Waals surface area contributed by atoms with Crippen LogP contribution >= 0.6 is 12.4 Å². The predicted molar refractivity (Wildman–Crippen MR) is 105 cm³/mol. The van der Waals surface area contributed by atoms with Crippen molar-refractivity contribution >= 4 is 35.1 Å². The molecule has 26 heavy (non-hydrogen) atoms. The second kappa shape index (κ2) is 9.59. The summed E-state index contributed by atoms with van der Waals surface area (Å²) in [6.45, 7) is 2.02. The maximum atomic E-state index is 12.2. The maximum Gasteiger partial charge on any atom is 0.237 e. The molecule has 2 heterocycles. The number of piperidine rings is 1. The summed E-state index contributed by atoms with van der Waals surface area (Å²) in [6.07, 6.45) is 6.06. The van der Waals surface area contributed by atoms with Gasteiger partial charge in [-0.15, -0.1) is 12.4 Å². The molecule has 1 saturated heterocycles. The summed E-state index contributed by atoms with van der Waals surface area (Å²) >= 11 is 0. The van der Waals surface area contributed by atoms with Crippen LogP contribution in [0.25, 0.3) is 10.9 Å². The monoisotopic (exact) mass is 378 g/mol. The van der Waals surface area contributed by atoms with Gasteiger partial charge in [-0.05, 0) is 37.3 Å². The van der Waals surface area contributed by atoms with Crippen molar-refractivity contribution in [1.29, 1.82) is 0 Å². The molecule has 142 valence electrons. The smallest absolute Gasteiger partial charge is 0.237 e. The SMILES string of the molecule is Cl.N[C@@H](Cc1c[nH]c2ccccc12)C(=O)NCCC(=O)N1CCCCC1. The second-order valence-corrected chi connectivity index (χ2v) is 6.65. The van der Waals surface area contributed by atoms with E-state index in [-0.39, 0.29) is 24.2 Å². The Labute approximate surface area is 159 Å². The van der Waals surface area contributed by atoms with Crippen molar-refractivity contribution in [2.75, 3.05) is 19.6 Å². The van der Waals surface area contributed by atoms with Crippen LogP contribution in [0.4, 0.5) is 0 Å². The minimum atomic E-state index is -0.621. The van der Waals surface area contributed by atoms with Crippen molar-refractivity contribution in [3.63, 3.8) is 0 Å². The van der Waals surface area contributed by atoms with Crippen LogP contribution in [-0.4, -0.2) is 47.4 Å². The average molecular weight is 379 g/mol. The molecule has 0 aliphatic carbocycles. The molecule has 1 aliphatic heterocycles. The Morgan fingerprint density at radius 3 is 2.69 bits per heavy atom. The highest BCUT2D eigenvalue weighted by molar-refractivity contribution is 5.86. The third-order valence-corrected chi connectivity index (χ3v) is 4.80. The number of benzene rings is 1. The minimum absolute atomic E-state index is 0. The van der Waals surface area contributed by atoms with E-state index in [2.05, 4.69) is 10.3 Å². The molecule has 2 amide bonds. The Hall–Kier alpha value is -2.05. The molecular weight excluding hydrogens is 352 g/mol. The van der Waals surface area contributed by atoms with Gasteiger partial charge in [0.15, 0.2) is 0 Å². The number of hydrogen-bond donors (Lipinski definition) is 3. The van der Waals surface area contributed by atoms with Crippen LogP contribution in [0, 0.1) is 0 Å². The van der Waals surface area contributed by atoms with Gasteiger partial charge in [-0.2, -0.15) is 0 Å². The maximum absolute atomic E-state index is 12.2. The minimum Gasteiger partial charge on any atom is -0.361 e. The molecule has 0 radical (unpaired) electrons. The zero-order valence-electron chi connectivity index (χ0n) is 14.9. The fraction of sp³-hybridized carbons (Fsp3) is 0.474. The number of aromatic amines is 1. The van der Waals surface area contributed by atoms with Gasteiger partial charge >= 0.3 is 0 Å². The summed E-state index contributed by atoms with van der Waals surface area (Å²) in [7, 11) is 0. The molecule has 3 rings (SSSR count). The number of carbonyl (C=O) groups is 2. The molecule has 1 aromatic heterocycles. The number of nitrogens with zero attached hydrogens (tertiary/aromatic N) is 1. The highest BCUT2D eigenvalue weighted by Crippen LogP contribution is 2.18. The molecule has 6 nitrogen and oxygen atoms in total. The summed E-state index contributed by atoms with van der Waals surface area (Å²) in [4.78, 5) is 29.4. The molecule has 4 N–H and O–H groups in total. The number of halogens is 1. The van der Waals surface area contributed by atoms with Crippen molar-refractivity contribution in [3.8, 4) is 0 Å². The number of hydrogen-bond acceptors (Lipinski definition) is 3. The van der Waals surface area contributed by atoms with Crippen LogP contribution in [0.15, 0.2) is 30.5 Å². The van der Waals surface area contributed by atoms with E-state index in [1.54, 1.807) is 0 Å². The molecule has 1 aromatic carbocycles. The number of nitrogens with two attached hydrogens (primary N) is 1. The van der Waals surface area contributed by atoms with Crippen molar-refractivity contribution in [1.82, 2.24) is 15.2 Å². The van der Waals surface area contributed by atoms with E-state index in [1.807, 2.05) is 35.4 Å². The topological polar surface area (TPSA) is 91.2 Å². The van der Waals surface area contributed by atoms with Gasteiger partial charge in [-0.1, -0.05) is 18.2 Å². The number of carbonyl (C=O) groups excluding carboxylic acids is 2. The fourth-order valence-corrected chi connectivity index (χ4v) is 3.36. The van der Waals surface area contributed by atoms with E-state index >= 15 is 0 Å². The molecule has 0 bridgehead atoms. The number of fused-ring (bicyclic) bond motifs is 1. The van der Waals surface area contributed by atoms with Crippen molar-refractivity contribution in [2.24, 2.45) is 5.73 Å². The molecule has 0 spiro atoms. The van der Waals surface area contributed by atoms with Crippen LogP contribution < -0.4 is 11.1 Å². The van der Waals surface area contributed by atoms with Gasteiger partial charge in [0.2, 0.25) is 11.8 Å². The molecule has 7 heteroatoms. The summed E-state index contributed by atoms with van der Waals surface area (Å²) in [5, 5.41) is 3.88. The fourth-order valence-electron chi connectivity index (χ4n) is 3.36. The van der Waals surface area contributed by atoms with Crippen molar-refractivity contribution < 1.29 is 9.59 Å². The molecule has 1 atom stereocenters. The summed E-state index contributed by atoms with van der Waals surface area (Å²) in [6, 6.07) is 7.33. The number of nitrogens with one attached hydrogen (secondary N) is 2. The molecule has 1 fully saturated rings. The molecule has 0 unspecified atom stereocenters. The normalized spacial score (nSPS) is 15.3. The number of H-pyrrole nitrogens is 1. The lowest BCUT2D eigenvalue weighted by molar-refractivity contribution is -0.132. The quantitative estimate of drug-likeness (QED) is 0.717. The van der Waals surface area contributed by atoms with E-state index in [0.29, 0.717) is 19.4 Å². The van der Waals surface area contributed by atoms with E-state index < -0.39 is 6.04 Å². The third kappa shape index (κ3) is 4.99. The first kappa shape index (κ1) is 20.3. The number of para-hydroxylation sites is 1. The molecule has 2 aromatic rings. The lowest BCUT2D eigenvalue weighted by Crippen LogP contribution is -2.44. The second-order valence-electron chi connectivity index (χ2n) is 6.65. The van der Waals surface area contributed by atoms with Crippen LogP contribution in [0.1, 0.15) is 31.2 Å². The largest absolute Gasteiger partial charge is 0.361 e. The van der Waals surface area contributed by atoms with Crippen LogP contribution in [0.5, 0.6) is 0 Å². The van der Waals surface area contributed by atoms with Gasteiger partial charge in [0, 0.05) is 43.2 Å². The summed E-state index contributed by atoms with van der Waals surface area (Å²) in [5.41, 5.74) is 8.11. The summed E-state index contributed by atoms with van der Waals surface area (Å²) in [5.74, 6) is -0.0954. The van der Waals surface area contributed by atoms with Gasteiger partial charge in [0.25, 0.3) is 0 Å². The van der Waals surface area contributed by atoms with Crippen LogP contribution in [-0.2, 0) is 16.0 Å². The molecular formula is C19H27ClN4O2. The first-order valence-electron chi connectivity index (χ1n) is 9.01. The van der Waals surface area contributed by atoms with Crippen LogP contribution in [0.3, 0.4) is 0 Å². The Morgan fingerprint density at radius 2 is 1.92 bits per heavy atom. The standard InChI is InChI=1S/C19H26N4O2.ClH/c20-16(12-14-13-22-17-7-3-2-6-15(14)17)19(25)21-9-8-18(24)23-10-4-1-5-11-23;/h2-3,6-7,13,16,22H,1,4-5,8-12,20H2,(H,21,25);1H/t16-;/m0./s1. The first-order chi connectivity index (χ1) is 12.1. The highest BCUT2D eigenvalue weighted by atomic mass is 35.5. The van der Waals surface area contributed by atoms with E-state index in [4.69, 9.17) is 5.73 Å². The lowest BCUT2D eigenvalue weighted by atomic mass is 10.1. The van der Waals surface area contributed by atoms with E-state index in [9.17, 15) is 9.59 Å². The van der Waals surface area contributed by atoms with Gasteiger partial charge in [0.1, 0.15) is 0 Å². The van der Waals surface area contributed by atoms with Crippen molar-refractivity contribution in [2.45, 2.75) is 38.1 Å².